The average Bonchev–Trinajstić information content (AvgIpc) is 2.99. The molecule has 5 aromatic carbocycles. The molecule has 0 amide bonds. The van der Waals surface area contributed by atoms with E-state index in [2.05, 4.69) is 130 Å². The quantitative estimate of drug-likeness (QED) is 0.213. The molecule has 0 bridgehead atoms. The number of allylic oxidation sites excluding steroid dienone is 6. The topological polar surface area (TPSA) is 0 Å². The van der Waals surface area contributed by atoms with Crippen LogP contribution in [-0.4, -0.2) is 0 Å². The van der Waals surface area contributed by atoms with Crippen molar-refractivity contribution >= 4 is 32.3 Å². The van der Waals surface area contributed by atoms with Gasteiger partial charge in [0.15, 0.2) is 0 Å². The van der Waals surface area contributed by atoms with Crippen LogP contribution in [-0.2, 0) is 5.41 Å². The molecular formula is C39H36. The molecule has 0 fully saturated rings. The lowest BCUT2D eigenvalue weighted by molar-refractivity contribution is 0.507. The molecule has 2 aliphatic carbocycles. The third kappa shape index (κ3) is 4.05. The molecule has 0 aliphatic heterocycles. The highest BCUT2D eigenvalue weighted by molar-refractivity contribution is 6.16. The van der Waals surface area contributed by atoms with Gasteiger partial charge in [-0.3, -0.25) is 0 Å². The van der Waals surface area contributed by atoms with Crippen LogP contribution in [0.5, 0.6) is 0 Å². The molecule has 2 aliphatic rings. The van der Waals surface area contributed by atoms with Gasteiger partial charge in [-0.25, -0.2) is 0 Å². The SMILES string of the molecule is CCC(C)(C)c1ccc2c(C3C=C4C=CCCC4=CC3)c3ccccc3c(-c3ccc4ccccc4c3)c2c1. The van der Waals surface area contributed by atoms with E-state index in [-0.39, 0.29) is 5.41 Å². The van der Waals surface area contributed by atoms with Crippen molar-refractivity contribution in [2.75, 3.05) is 0 Å². The van der Waals surface area contributed by atoms with Crippen LogP contribution in [0.3, 0.4) is 0 Å². The predicted octanol–water partition coefficient (Wildman–Crippen LogP) is 11.2. The zero-order valence-electron chi connectivity index (χ0n) is 23.3. The molecule has 0 heterocycles. The standard InChI is InChI=1S/C39H36/c1-4-39(2,3)32-21-22-35-36(25-32)38(31-20-18-27-12-6-8-14-29(27)24-31)34-16-10-9-15-33(34)37(35)30-19-17-26-11-5-7-13-28(26)23-30/h6-10,12-18,20-25,30H,4-5,11,19H2,1-3H3. The van der Waals surface area contributed by atoms with Crippen LogP contribution in [0.25, 0.3) is 43.4 Å². The van der Waals surface area contributed by atoms with Crippen LogP contribution in [0.15, 0.2) is 120 Å². The van der Waals surface area contributed by atoms with Crippen molar-refractivity contribution in [3.8, 4) is 11.1 Å². The molecule has 192 valence electrons. The van der Waals surface area contributed by atoms with Crippen molar-refractivity contribution in [2.24, 2.45) is 0 Å². The molecule has 0 saturated carbocycles. The van der Waals surface area contributed by atoms with Crippen LogP contribution < -0.4 is 0 Å². The first-order valence-corrected chi connectivity index (χ1v) is 14.6. The lowest BCUT2D eigenvalue weighted by Crippen LogP contribution is -2.15. The molecule has 0 nitrogen and oxygen atoms in total. The second-order valence-corrected chi connectivity index (χ2v) is 12.0. The first-order chi connectivity index (χ1) is 19.0. The van der Waals surface area contributed by atoms with Gasteiger partial charge in [0.1, 0.15) is 0 Å². The number of rotatable bonds is 4. The maximum atomic E-state index is 2.55. The Kier molecular flexibility index (Phi) is 5.81. The fourth-order valence-electron chi connectivity index (χ4n) is 6.73. The number of hydrogen-bond acceptors (Lipinski definition) is 0. The third-order valence-corrected chi connectivity index (χ3v) is 9.39. The molecule has 1 unspecified atom stereocenters. The normalized spacial score (nSPS) is 17.4. The zero-order valence-corrected chi connectivity index (χ0v) is 23.3. The molecule has 1 atom stereocenters. The lowest BCUT2D eigenvalue weighted by atomic mass is 9.76. The highest BCUT2D eigenvalue weighted by Crippen LogP contribution is 2.46. The maximum Gasteiger partial charge on any atom is 0.00740 e. The Morgan fingerprint density at radius 2 is 1.54 bits per heavy atom. The Labute approximate surface area is 232 Å². The molecule has 39 heavy (non-hydrogen) atoms. The minimum absolute atomic E-state index is 0.123. The highest BCUT2D eigenvalue weighted by atomic mass is 14.3. The van der Waals surface area contributed by atoms with Crippen molar-refractivity contribution in [1.29, 1.82) is 0 Å². The van der Waals surface area contributed by atoms with Gasteiger partial charge in [-0.15, -0.1) is 0 Å². The second kappa shape index (κ2) is 9.38. The summed E-state index contributed by atoms with van der Waals surface area (Å²) in [5.41, 5.74) is 8.64. The summed E-state index contributed by atoms with van der Waals surface area (Å²) in [6, 6.07) is 32.2. The van der Waals surface area contributed by atoms with E-state index in [0.29, 0.717) is 5.92 Å². The van der Waals surface area contributed by atoms with E-state index in [0.717, 1.165) is 19.3 Å². The van der Waals surface area contributed by atoms with Crippen LogP contribution in [0.1, 0.15) is 63.5 Å². The van der Waals surface area contributed by atoms with Crippen molar-refractivity contribution in [2.45, 2.75) is 57.8 Å². The first kappa shape index (κ1) is 24.2. The summed E-state index contributed by atoms with van der Waals surface area (Å²) in [6.07, 6.45) is 14.3. The van der Waals surface area contributed by atoms with Gasteiger partial charge < -0.3 is 0 Å². The van der Waals surface area contributed by atoms with Gasteiger partial charge in [-0.2, -0.15) is 0 Å². The summed E-state index contributed by atoms with van der Waals surface area (Å²) in [5.74, 6) is 0.370. The van der Waals surface area contributed by atoms with Gasteiger partial charge in [-0.1, -0.05) is 118 Å². The summed E-state index contributed by atoms with van der Waals surface area (Å²) in [7, 11) is 0. The van der Waals surface area contributed by atoms with Gasteiger partial charge in [0.05, 0.1) is 0 Å². The Bertz CT molecular complexity index is 1840. The molecular weight excluding hydrogens is 468 g/mol. The van der Waals surface area contributed by atoms with E-state index in [9.17, 15) is 0 Å². The largest absolute Gasteiger partial charge is 0.0836 e. The maximum absolute atomic E-state index is 2.55. The predicted molar refractivity (Wildman–Crippen MR) is 170 cm³/mol. The fourth-order valence-corrected chi connectivity index (χ4v) is 6.73. The second-order valence-electron chi connectivity index (χ2n) is 12.0. The van der Waals surface area contributed by atoms with E-state index in [1.54, 1.807) is 0 Å². The Morgan fingerprint density at radius 3 is 2.38 bits per heavy atom. The van der Waals surface area contributed by atoms with Crippen molar-refractivity contribution in [1.82, 2.24) is 0 Å². The van der Waals surface area contributed by atoms with Crippen LogP contribution in [0.4, 0.5) is 0 Å². The van der Waals surface area contributed by atoms with Crippen molar-refractivity contribution < 1.29 is 0 Å². The average molecular weight is 505 g/mol. The van der Waals surface area contributed by atoms with Gasteiger partial charge >= 0.3 is 0 Å². The lowest BCUT2D eigenvalue weighted by Gasteiger charge is -2.28. The Hall–Kier alpha value is -3.90. The van der Waals surface area contributed by atoms with Crippen LogP contribution >= 0.6 is 0 Å². The van der Waals surface area contributed by atoms with Gasteiger partial charge in [0, 0.05) is 5.92 Å². The molecule has 5 aromatic rings. The van der Waals surface area contributed by atoms with Gasteiger partial charge in [-0.05, 0) is 109 Å². The molecule has 0 N–H and O–H groups in total. The van der Waals surface area contributed by atoms with Gasteiger partial charge in [0.25, 0.3) is 0 Å². The van der Waals surface area contributed by atoms with E-state index in [1.807, 2.05) is 0 Å². The van der Waals surface area contributed by atoms with E-state index >= 15 is 0 Å². The molecule has 0 spiro atoms. The molecule has 0 heteroatoms. The van der Waals surface area contributed by atoms with E-state index in [4.69, 9.17) is 0 Å². The summed E-state index contributed by atoms with van der Waals surface area (Å²) < 4.78 is 0. The monoisotopic (exact) mass is 504 g/mol. The summed E-state index contributed by atoms with van der Waals surface area (Å²) in [5, 5.41) is 8.09. The first-order valence-electron chi connectivity index (χ1n) is 14.6. The smallest absolute Gasteiger partial charge is 0.00740 e. The molecule has 0 saturated heterocycles. The molecule has 0 aromatic heterocycles. The zero-order chi connectivity index (χ0) is 26.6. The van der Waals surface area contributed by atoms with Crippen LogP contribution in [0, 0.1) is 0 Å². The molecule has 0 radical (unpaired) electrons. The van der Waals surface area contributed by atoms with E-state index < -0.39 is 0 Å². The van der Waals surface area contributed by atoms with Gasteiger partial charge in [0.2, 0.25) is 0 Å². The minimum Gasteiger partial charge on any atom is -0.0836 e. The highest BCUT2D eigenvalue weighted by Gasteiger charge is 2.25. The Balaban J connectivity index is 1.57. The summed E-state index contributed by atoms with van der Waals surface area (Å²) in [4.78, 5) is 0. The van der Waals surface area contributed by atoms with Crippen LogP contribution in [0.2, 0.25) is 0 Å². The third-order valence-electron chi connectivity index (χ3n) is 9.39. The summed E-state index contributed by atoms with van der Waals surface area (Å²) >= 11 is 0. The fraction of sp³-hybridized carbons (Fsp3) is 0.231. The number of fused-ring (bicyclic) bond motifs is 4. The molecule has 7 rings (SSSR count). The minimum atomic E-state index is 0.123. The van der Waals surface area contributed by atoms with Crippen molar-refractivity contribution in [3.05, 3.63) is 132 Å². The number of hydrogen-bond donors (Lipinski definition) is 0. The summed E-state index contributed by atoms with van der Waals surface area (Å²) in [6.45, 7) is 7.05. The van der Waals surface area contributed by atoms with Crippen molar-refractivity contribution in [3.63, 3.8) is 0 Å². The van der Waals surface area contributed by atoms with E-state index in [1.165, 1.54) is 72.1 Å². The Morgan fingerprint density at radius 1 is 0.769 bits per heavy atom. The number of benzene rings is 5.